The second kappa shape index (κ2) is 8.05. The molecule has 2 unspecified atom stereocenters. The fourth-order valence-electron chi connectivity index (χ4n) is 2.42. The van der Waals surface area contributed by atoms with E-state index in [-0.39, 0.29) is 6.42 Å². The van der Waals surface area contributed by atoms with Gasteiger partial charge in [0.1, 0.15) is 6.04 Å². The van der Waals surface area contributed by atoms with Crippen LogP contribution in [0.1, 0.15) is 11.3 Å². The maximum atomic E-state index is 13.6. The average molecular weight is 366 g/mol. The zero-order chi connectivity index (χ0) is 19.3. The molecule has 0 bridgehead atoms. The highest BCUT2D eigenvalue weighted by atomic mass is 19.3. The molecule has 0 aliphatic heterocycles. The zero-order valence-electron chi connectivity index (χ0n) is 14.1. The topological polar surface area (TPSA) is 110 Å². The molecule has 9 heteroatoms. The minimum Gasteiger partial charge on any atom is -0.480 e. The first-order valence-corrected chi connectivity index (χ1v) is 7.85. The van der Waals surface area contributed by atoms with Crippen LogP contribution in [-0.4, -0.2) is 44.5 Å². The molecule has 0 saturated carbocycles. The van der Waals surface area contributed by atoms with Crippen molar-refractivity contribution in [1.82, 2.24) is 14.9 Å². The highest BCUT2D eigenvalue weighted by molar-refractivity contribution is 5.90. The van der Waals surface area contributed by atoms with Crippen LogP contribution in [0.15, 0.2) is 42.9 Å². The van der Waals surface area contributed by atoms with Gasteiger partial charge in [-0.2, -0.15) is 0 Å². The van der Waals surface area contributed by atoms with Crippen molar-refractivity contribution in [3.05, 3.63) is 54.1 Å². The van der Waals surface area contributed by atoms with Crippen molar-refractivity contribution in [2.75, 3.05) is 0 Å². The Hall–Kier alpha value is -2.81. The van der Waals surface area contributed by atoms with Gasteiger partial charge in [-0.3, -0.25) is 4.79 Å². The van der Waals surface area contributed by atoms with Gasteiger partial charge >= 0.3 is 5.97 Å². The second-order valence-corrected chi connectivity index (χ2v) is 6.06. The molecule has 0 saturated heterocycles. The summed E-state index contributed by atoms with van der Waals surface area (Å²) in [4.78, 5) is 27.7. The molecule has 0 aliphatic carbocycles. The fraction of sp³-hybridized carbons (Fsp3) is 0.353. The quantitative estimate of drug-likeness (QED) is 0.645. The number of nitrogens with two attached hydrogens (primary N) is 1. The van der Waals surface area contributed by atoms with E-state index in [1.165, 1.54) is 17.1 Å². The molecule has 0 spiro atoms. The maximum Gasteiger partial charge on any atom is 0.326 e. The van der Waals surface area contributed by atoms with Crippen LogP contribution >= 0.6 is 0 Å². The second-order valence-electron chi connectivity index (χ2n) is 6.06. The molecule has 0 aliphatic rings. The van der Waals surface area contributed by atoms with Crippen molar-refractivity contribution in [3.8, 4) is 0 Å². The number of hydrogen-bond donors (Lipinski definition) is 3. The van der Waals surface area contributed by atoms with Crippen molar-refractivity contribution < 1.29 is 23.5 Å². The molecule has 7 nitrogen and oxygen atoms in total. The van der Waals surface area contributed by atoms with Crippen LogP contribution in [-0.2, 0) is 22.6 Å². The Kier molecular flexibility index (Phi) is 6.04. The van der Waals surface area contributed by atoms with E-state index in [2.05, 4.69) is 10.3 Å². The number of benzene rings is 1. The Morgan fingerprint density at radius 2 is 2.00 bits per heavy atom. The van der Waals surface area contributed by atoms with E-state index in [9.17, 15) is 23.5 Å². The molecule has 2 atom stereocenters. The van der Waals surface area contributed by atoms with Gasteiger partial charge in [0.05, 0.1) is 12.9 Å². The molecule has 4 N–H and O–H groups in total. The summed E-state index contributed by atoms with van der Waals surface area (Å²) in [6, 6.07) is 7.16. The van der Waals surface area contributed by atoms with E-state index >= 15 is 0 Å². The molecule has 26 heavy (non-hydrogen) atoms. The van der Waals surface area contributed by atoms with E-state index in [1.807, 2.05) is 0 Å². The monoisotopic (exact) mass is 366 g/mol. The number of halogens is 2. The molecule has 140 valence electrons. The normalized spacial score (nSPS) is 14.7. The number of imidazole rings is 1. The summed E-state index contributed by atoms with van der Waals surface area (Å²) in [6.07, 6.45) is -0.522. The van der Waals surface area contributed by atoms with Crippen molar-refractivity contribution in [1.29, 1.82) is 0 Å². The number of carbonyl (C=O) groups is 2. The third-order valence-electron chi connectivity index (χ3n) is 4.05. The molecule has 2 rings (SSSR count). The first-order chi connectivity index (χ1) is 12.2. The molecular weight excluding hydrogens is 346 g/mol. The first-order valence-electron chi connectivity index (χ1n) is 7.85. The van der Waals surface area contributed by atoms with Gasteiger partial charge in [-0.25, -0.2) is 18.6 Å². The summed E-state index contributed by atoms with van der Waals surface area (Å²) >= 11 is 0. The van der Waals surface area contributed by atoms with E-state index in [0.717, 1.165) is 0 Å². The molecule has 0 fully saturated rings. The predicted molar refractivity (Wildman–Crippen MR) is 89.6 cm³/mol. The molecule has 1 aromatic carbocycles. The standard InChI is InChI=1S/C17H20F2N4O3/c1-11-8-21-10-23(11)9-17(20,15(18)19)16(26)22-13(14(24)25)7-12-5-3-2-4-6-12/h2-6,8,10,13,15H,7,9,20H2,1H3,(H,22,26)(H,24,25). The number of carboxylic acids is 1. The van der Waals surface area contributed by atoms with Gasteiger partial charge in [-0.15, -0.1) is 0 Å². The highest BCUT2D eigenvalue weighted by Crippen LogP contribution is 2.18. The first kappa shape index (κ1) is 19.5. The lowest BCUT2D eigenvalue weighted by atomic mass is 9.98. The summed E-state index contributed by atoms with van der Waals surface area (Å²) in [5.41, 5.74) is 4.29. The number of aromatic nitrogens is 2. The molecule has 0 radical (unpaired) electrons. The minimum atomic E-state index is -3.20. The lowest BCUT2D eigenvalue weighted by molar-refractivity contribution is -0.144. The van der Waals surface area contributed by atoms with Gasteiger partial charge in [0, 0.05) is 18.3 Å². The lowest BCUT2D eigenvalue weighted by Crippen LogP contribution is -2.63. The molecule has 1 amide bonds. The minimum absolute atomic E-state index is 0.0503. The van der Waals surface area contributed by atoms with Crippen LogP contribution in [0.5, 0.6) is 0 Å². The van der Waals surface area contributed by atoms with Gasteiger partial charge in [-0.1, -0.05) is 30.3 Å². The predicted octanol–water partition coefficient (Wildman–Crippen LogP) is 0.966. The van der Waals surface area contributed by atoms with Crippen LogP contribution in [0.25, 0.3) is 0 Å². The van der Waals surface area contributed by atoms with E-state index < -0.39 is 36.4 Å². The van der Waals surface area contributed by atoms with Gasteiger partial charge in [0.15, 0.2) is 5.54 Å². The Morgan fingerprint density at radius 1 is 1.35 bits per heavy atom. The summed E-state index contributed by atoms with van der Waals surface area (Å²) < 4.78 is 28.5. The number of amides is 1. The van der Waals surface area contributed by atoms with Gasteiger partial charge in [-0.05, 0) is 12.5 Å². The summed E-state index contributed by atoms with van der Waals surface area (Å²) in [6.45, 7) is 1.10. The Morgan fingerprint density at radius 3 is 2.50 bits per heavy atom. The van der Waals surface area contributed by atoms with Crippen LogP contribution in [0.3, 0.4) is 0 Å². The number of carbonyl (C=O) groups excluding carboxylic acids is 1. The largest absolute Gasteiger partial charge is 0.480 e. The Balaban J connectivity index is 2.18. The summed E-state index contributed by atoms with van der Waals surface area (Å²) in [5, 5.41) is 11.5. The molecule has 2 aromatic rings. The third kappa shape index (κ3) is 4.42. The van der Waals surface area contributed by atoms with E-state index in [4.69, 9.17) is 5.73 Å². The number of carboxylic acid groups (broad SMARTS) is 1. The number of alkyl halides is 2. The number of nitrogens with one attached hydrogen (secondary N) is 1. The van der Waals surface area contributed by atoms with Crippen LogP contribution < -0.4 is 11.1 Å². The van der Waals surface area contributed by atoms with E-state index in [1.54, 1.807) is 37.3 Å². The number of rotatable bonds is 8. The van der Waals surface area contributed by atoms with Gasteiger partial charge in [0.2, 0.25) is 5.91 Å². The zero-order valence-corrected chi connectivity index (χ0v) is 14.1. The van der Waals surface area contributed by atoms with Crippen molar-refractivity contribution in [3.63, 3.8) is 0 Å². The van der Waals surface area contributed by atoms with Crippen molar-refractivity contribution >= 4 is 11.9 Å². The SMILES string of the molecule is Cc1cncn1CC(N)(C(=O)NC(Cc1ccccc1)C(=O)O)C(F)F. The van der Waals surface area contributed by atoms with E-state index in [0.29, 0.717) is 11.3 Å². The number of aliphatic carboxylic acids is 1. The molecule has 1 heterocycles. The molecule has 1 aromatic heterocycles. The fourth-order valence-corrected chi connectivity index (χ4v) is 2.42. The van der Waals surface area contributed by atoms with Crippen LogP contribution in [0.4, 0.5) is 8.78 Å². The summed E-state index contributed by atoms with van der Waals surface area (Å²) in [5.74, 6) is -2.57. The Labute approximate surface area is 148 Å². The third-order valence-corrected chi connectivity index (χ3v) is 4.05. The van der Waals surface area contributed by atoms with Gasteiger partial charge < -0.3 is 20.7 Å². The number of aryl methyl sites for hydroxylation is 1. The average Bonchev–Trinajstić information content (AvgIpc) is 2.99. The number of hydrogen-bond acceptors (Lipinski definition) is 4. The van der Waals surface area contributed by atoms with Crippen molar-refractivity contribution in [2.45, 2.75) is 37.9 Å². The van der Waals surface area contributed by atoms with Crippen LogP contribution in [0.2, 0.25) is 0 Å². The smallest absolute Gasteiger partial charge is 0.326 e. The highest BCUT2D eigenvalue weighted by Gasteiger charge is 2.45. The maximum absolute atomic E-state index is 13.6. The van der Waals surface area contributed by atoms with Crippen molar-refractivity contribution in [2.24, 2.45) is 5.73 Å². The lowest BCUT2D eigenvalue weighted by Gasteiger charge is -2.29. The summed E-state index contributed by atoms with van der Waals surface area (Å²) in [7, 11) is 0. The van der Waals surface area contributed by atoms with Crippen LogP contribution in [0, 0.1) is 6.92 Å². The number of nitrogens with zero attached hydrogens (tertiary/aromatic N) is 2. The molecular formula is C17H20F2N4O3. The van der Waals surface area contributed by atoms with Gasteiger partial charge in [0.25, 0.3) is 6.43 Å². The Bertz CT molecular complexity index is 766.